The van der Waals surface area contributed by atoms with Gasteiger partial charge in [0.25, 0.3) is 0 Å². The Balaban J connectivity index is 1.34. The van der Waals surface area contributed by atoms with Crippen LogP contribution in [0.1, 0.15) is 11.1 Å². The minimum absolute atomic E-state index is 0.0866. The number of halogens is 1. The first kappa shape index (κ1) is 20.2. The molecule has 1 amide bonds. The van der Waals surface area contributed by atoms with Crippen LogP contribution >= 0.6 is 11.6 Å². The number of nitrogens with one attached hydrogen (secondary N) is 1. The number of carbonyl (C=O) groups is 1. The van der Waals surface area contributed by atoms with Crippen LogP contribution in [0, 0.1) is 0 Å². The molecule has 0 radical (unpaired) electrons. The number of fused-ring (bicyclic) bond motifs is 1. The summed E-state index contributed by atoms with van der Waals surface area (Å²) in [6.45, 7) is 0.683. The second-order valence-corrected chi connectivity index (χ2v) is 8.11. The number of aryl methyl sites for hydroxylation is 1. The molecule has 1 aliphatic heterocycles. The van der Waals surface area contributed by atoms with Crippen LogP contribution in [-0.4, -0.2) is 32.2 Å². The average Bonchev–Trinajstić information content (AvgIpc) is 3.41. The predicted octanol–water partition coefficient (Wildman–Crippen LogP) is 4.41. The fourth-order valence-corrected chi connectivity index (χ4v) is 4.01. The zero-order valence-corrected chi connectivity index (χ0v) is 18.3. The summed E-state index contributed by atoms with van der Waals surface area (Å²) in [6.07, 6.45) is 4.62. The van der Waals surface area contributed by atoms with Crippen molar-refractivity contribution in [3.8, 4) is 11.3 Å². The van der Waals surface area contributed by atoms with Crippen LogP contribution in [0.25, 0.3) is 11.3 Å². The van der Waals surface area contributed by atoms with Gasteiger partial charge in [-0.05, 0) is 47.9 Å². The molecule has 0 fully saturated rings. The fraction of sp³-hybridized carbons (Fsp3) is 0.167. The Morgan fingerprint density at radius 2 is 1.94 bits per heavy atom. The highest BCUT2D eigenvalue weighted by Gasteiger charge is 2.25. The summed E-state index contributed by atoms with van der Waals surface area (Å²) in [4.78, 5) is 23.7. The lowest BCUT2D eigenvalue weighted by Gasteiger charge is -2.18. The smallest absolute Gasteiger partial charge is 0.231 e. The summed E-state index contributed by atoms with van der Waals surface area (Å²) in [5, 5.41) is 8.00. The van der Waals surface area contributed by atoms with E-state index in [-0.39, 0.29) is 5.91 Å². The van der Waals surface area contributed by atoms with E-state index in [9.17, 15) is 4.79 Å². The number of rotatable bonds is 5. The van der Waals surface area contributed by atoms with Gasteiger partial charge >= 0.3 is 0 Å². The first-order valence-electron chi connectivity index (χ1n) is 10.3. The topological polar surface area (TPSA) is 75.9 Å². The number of benzene rings is 2. The Kier molecular flexibility index (Phi) is 5.33. The fourth-order valence-electron chi connectivity index (χ4n) is 3.88. The summed E-state index contributed by atoms with van der Waals surface area (Å²) < 4.78 is 1.72. The van der Waals surface area contributed by atoms with Gasteiger partial charge in [0.1, 0.15) is 5.82 Å². The molecule has 2 aromatic carbocycles. The van der Waals surface area contributed by atoms with Gasteiger partial charge in [-0.1, -0.05) is 29.8 Å². The number of anilines is 3. The maximum absolute atomic E-state index is 12.9. The molecule has 0 spiro atoms. The molecule has 0 atom stereocenters. The van der Waals surface area contributed by atoms with Crippen molar-refractivity contribution >= 4 is 35.0 Å². The maximum Gasteiger partial charge on any atom is 0.231 e. The van der Waals surface area contributed by atoms with Crippen LogP contribution in [0.5, 0.6) is 0 Å². The highest BCUT2D eigenvalue weighted by molar-refractivity contribution is 6.30. The summed E-state index contributed by atoms with van der Waals surface area (Å²) in [5.41, 5.74) is 4.88. The highest BCUT2D eigenvalue weighted by atomic mass is 35.5. The summed E-state index contributed by atoms with van der Waals surface area (Å²) in [6, 6.07) is 17.3. The minimum atomic E-state index is 0.0866. The zero-order valence-electron chi connectivity index (χ0n) is 17.5. The van der Waals surface area contributed by atoms with E-state index >= 15 is 0 Å². The summed E-state index contributed by atoms with van der Waals surface area (Å²) in [5.74, 6) is 1.40. The third kappa shape index (κ3) is 4.07. The van der Waals surface area contributed by atoms with Crippen molar-refractivity contribution in [2.75, 3.05) is 16.8 Å². The monoisotopic (exact) mass is 444 g/mol. The quantitative estimate of drug-likeness (QED) is 0.493. The lowest BCUT2D eigenvalue weighted by molar-refractivity contribution is -0.117. The summed E-state index contributed by atoms with van der Waals surface area (Å²) >= 11 is 5.95. The van der Waals surface area contributed by atoms with E-state index in [2.05, 4.69) is 26.4 Å². The van der Waals surface area contributed by atoms with Crippen LogP contribution in [-0.2, 0) is 24.7 Å². The molecule has 2 aromatic heterocycles. The molecule has 160 valence electrons. The average molecular weight is 445 g/mol. The van der Waals surface area contributed by atoms with E-state index in [1.807, 2.05) is 60.5 Å². The van der Waals surface area contributed by atoms with E-state index in [4.69, 9.17) is 11.6 Å². The number of hydrogen-bond donors (Lipinski definition) is 1. The number of aromatic nitrogens is 4. The maximum atomic E-state index is 12.9. The van der Waals surface area contributed by atoms with Gasteiger partial charge < -0.3 is 10.2 Å². The van der Waals surface area contributed by atoms with Crippen molar-refractivity contribution in [2.24, 2.45) is 7.05 Å². The first-order valence-corrected chi connectivity index (χ1v) is 10.7. The van der Waals surface area contributed by atoms with Gasteiger partial charge in [-0.15, -0.1) is 0 Å². The molecule has 5 rings (SSSR count). The Labute approximate surface area is 190 Å². The Morgan fingerprint density at radius 1 is 1.09 bits per heavy atom. The predicted molar refractivity (Wildman–Crippen MR) is 125 cm³/mol. The lowest BCUT2D eigenvalue weighted by atomic mass is 10.1. The molecule has 0 saturated carbocycles. The van der Waals surface area contributed by atoms with Crippen molar-refractivity contribution in [1.29, 1.82) is 0 Å². The van der Waals surface area contributed by atoms with Crippen LogP contribution in [0.15, 0.2) is 67.0 Å². The Hall–Kier alpha value is -3.71. The number of nitrogens with zero attached hydrogens (tertiary/aromatic N) is 5. The van der Waals surface area contributed by atoms with Gasteiger partial charge in [0.05, 0.1) is 18.3 Å². The van der Waals surface area contributed by atoms with Crippen molar-refractivity contribution in [1.82, 2.24) is 19.7 Å². The van der Waals surface area contributed by atoms with E-state index in [0.29, 0.717) is 23.9 Å². The second kappa shape index (κ2) is 8.43. The van der Waals surface area contributed by atoms with Gasteiger partial charge in [0.15, 0.2) is 0 Å². The van der Waals surface area contributed by atoms with Gasteiger partial charge in [0, 0.05) is 42.1 Å². The number of carbonyl (C=O) groups excluding carboxylic acids is 1. The van der Waals surface area contributed by atoms with Crippen molar-refractivity contribution < 1.29 is 4.79 Å². The molecule has 3 heterocycles. The van der Waals surface area contributed by atoms with Crippen LogP contribution in [0.4, 0.5) is 17.5 Å². The van der Waals surface area contributed by atoms with Crippen molar-refractivity contribution in [3.05, 3.63) is 83.1 Å². The lowest BCUT2D eigenvalue weighted by Crippen LogP contribution is -2.30. The van der Waals surface area contributed by atoms with Crippen LogP contribution in [0.2, 0.25) is 5.02 Å². The molecule has 32 heavy (non-hydrogen) atoms. The first-order chi connectivity index (χ1) is 15.6. The van der Waals surface area contributed by atoms with Crippen LogP contribution in [0.3, 0.4) is 0 Å². The summed E-state index contributed by atoms with van der Waals surface area (Å²) in [7, 11) is 1.85. The largest absolute Gasteiger partial charge is 0.312 e. The van der Waals surface area contributed by atoms with Crippen LogP contribution < -0.4 is 10.2 Å². The third-order valence-corrected chi connectivity index (χ3v) is 5.81. The van der Waals surface area contributed by atoms with Gasteiger partial charge in [-0.3, -0.25) is 9.48 Å². The van der Waals surface area contributed by atoms with Gasteiger partial charge in [-0.2, -0.15) is 5.10 Å². The molecule has 0 saturated heterocycles. The minimum Gasteiger partial charge on any atom is -0.312 e. The molecular weight excluding hydrogens is 424 g/mol. The SMILES string of the molecule is Cn1nccc1Nc1nccc(-c2ccc3c(c2)CCN3C(=O)Cc2ccc(Cl)cc2)n1. The molecule has 1 aliphatic rings. The highest BCUT2D eigenvalue weighted by Crippen LogP contribution is 2.32. The van der Waals surface area contributed by atoms with Gasteiger partial charge in [0.2, 0.25) is 11.9 Å². The van der Waals surface area contributed by atoms with Crippen molar-refractivity contribution in [2.45, 2.75) is 12.8 Å². The third-order valence-electron chi connectivity index (χ3n) is 5.56. The molecule has 0 aliphatic carbocycles. The Bertz CT molecular complexity index is 1280. The molecular formula is C24H21ClN6O. The van der Waals surface area contributed by atoms with E-state index in [1.165, 1.54) is 0 Å². The molecule has 0 unspecified atom stereocenters. The zero-order chi connectivity index (χ0) is 22.1. The standard InChI is InChI=1S/C24H21ClN6O/c1-30-22(9-12-27-30)29-24-26-11-8-20(28-24)17-4-7-21-18(15-17)10-13-31(21)23(32)14-16-2-5-19(25)6-3-16/h2-9,11-12,15H,10,13-14H2,1H3,(H,26,28,29). The molecule has 8 heteroatoms. The molecule has 4 aromatic rings. The second-order valence-electron chi connectivity index (χ2n) is 7.67. The van der Waals surface area contributed by atoms with E-state index in [0.717, 1.165) is 40.3 Å². The van der Waals surface area contributed by atoms with Crippen molar-refractivity contribution in [3.63, 3.8) is 0 Å². The molecule has 0 bridgehead atoms. The number of amides is 1. The molecule has 1 N–H and O–H groups in total. The van der Waals surface area contributed by atoms with E-state index in [1.54, 1.807) is 17.1 Å². The van der Waals surface area contributed by atoms with E-state index < -0.39 is 0 Å². The van der Waals surface area contributed by atoms with Gasteiger partial charge in [-0.25, -0.2) is 9.97 Å². The number of hydrogen-bond acceptors (Lipinski definition) is 5. The normalized spacial score (nSPS) is 12.6. The Morgan fingerprint density at radius 3 is 2.72 bits per heavy atom. The molecule has 7 nitrogen and oxygen atoms in total.